The number of hydrogen-bond acceptors (Lipinski definition) is 7. The molecule has 1 N–H and O–H groups in total. The van der Waals surface area contributed by atoms with Crippen LogP contribution in [0.25, 0.3) is 0 Å². The highest BCUT2D eigenvalue weighted by atomic mass is 32.2. The summed E-state index contributed by atoms with van der Waals surface area (Å²) in [5.74, 6) is 1.19. The second kappa shape index (κ2) is 8.27. The van der Waals surface area contributed by atoms with Gasteiger partial charge in [0.25, 0.3) is 5.69 Å². The number of thioether (sulfide) groups is 1. The molecule has 1 unspecified atom stereocenters. The van der Waals surface area contributed by atoms with Crippen molar-refractivity contribution >= 4 is 29.0 Å². The summed E-state index contributed by atoms with van der Waals surface area (Å²) in [6.45, 7) is 1.49. The molecule has 148 valence electrons. The molecule has 0 radical (unpaired) electrons. The molecule has 1 aromatic carbocycles. The van der Waals surface area contributed by atoms with Gasteiger partial charge < -0.3 is 14.6 Å². The molecule has 9 nitrogen and oxygen atoms in total. The molecule has 2 aromatic rings. The van der Waals surface area contributed by atoms with Gasteiger partial charge in [0.05, 0.1) is 23.3 Å². The lowest BCUT2D eigenvalue weighted by Crippen LogP contribution is -2.19. The Morgan fingerprint density at radius 1 is 1.32 bits per heavy atom. The van der Waals surface area contributed by atoms with Crippen LogP contribution >= 0.6 is 11.8 Å². The Morgan fingerprint density at radius 3 is 2.86 bits per heavy atom. The molecule has 1 atom stereocenters. The summed E-state index contributed by atoms with van der Waals surface area (Å²) in [6.07, 6.45) is 4.48. The first-order valence-electron chi connectivity index (χ1n) is 9.32. The molecule has 4 rings (SSSR count). The lowest BCUT2D eigenvalue weighted by atomic mass is 10.2. The zero-order chi connectivity index (χ0) is 19.5. The van der Waals surface area contributed by atoms with Crippen LogP contribution in [0.3, 0.4) is 0 Å². The number of carbonyl (C=O) groups excluding carboxylic acids is 1. The fourth-order valence-electron chi connectivity index (χ4n) is 3.27. The molecule has 0 bridgehead atoms. The van der Waals surface area contributed by atoms with Crippen molar-refractivity contribution in [2.45, 2.75) is 49.4 Å². The number of nitrogens with one attached hydrogen (secondary N) is 1. The topological polar surface area (TPSA) is 112 Å². The van der Waals surface area contributed by atoms with Gasteiger partial charge in [0.15, 0.2) is 5.16 Å². The number of hydrogen-bond donors (Lipinski definition) is 1. The SMILES string of the molecule is O=C(CSc1nnc(C2CC2)n1CC1CCCO1)Nc1ccccc1[N+](=O)[O-]. The standard InChI is InChI=1S/C18H21N5O4S/c24-16(19-14-5-1-2-6-15(14)23(25)26)11-28-18-21-20-17(12-7-8-12)22(18)10-13-4-3-9-27-13/h1-2,5-6,12-13H,3-4,7-11H2,(H,19,24). The maximum atomic E-state index is 12.3. The van der Waals surface area contributed by atoms with E-state index in [1.807, 2.05) is 0 Å². The van der Waals surface area contributed by atoms with E-state index in [0.29, 0.717) is 17.6 Å². The van der Waals surface area contributed by atoms with Crippen LogP contribution in [0.15, 0.2) is 29.4 Å². The predicted octanol–water partition coefficient (Wildman–Crippen LogP) is 2.97. The Balaban J connectivity index is 1.42. The van der Waals surface area contributed by atoms with Crippen LogP contribution in [0.1, 0.15) is 37.4 Å². The molecule has 1 aliphatic carbocycles. The highest BCUT2D eigenvalue weighted by Gasteiger charge is 2.32. The van der Waals surface area contributed by atoms with E-state index < -0.39 is 4.92 Å². The number of para-hydroxylation sites is 2. The van der Waals surface area contributed by atoms with Crippen LogP contribution in [-0.4, -0.2) is 44.1 Å². The fourth-order valence-corrected chi connectivity index (χ4v) is 4.02. The van der Waals surface area contributed by atoms with E-state index >= 15 is 0 Å². The quantitative estimate of drug-likeness (QED) is 0.410. The Labute approximate surface area is 166 Å². The molecule has 2 fully saturated rings. The Kier molecular flexibility index (Phi) is 5.58. The zero-order valence-corrected chi connectivity index (χ0v) is 16.1. The van der Waals surface area contributed by atoms with Gasteiger partial charge >= 0.3 is 0 Å². The maximum Gasteiger partial charge on any atom is 0.292 e. The average Bonchev–Trinajstić information content (AvgIpc) is 3.24. The minimum Gasteiger partial charge on any atom is -0.376 e. The van der Waals surface area contributed by atoms with Gasteiger partial charge in [-0.05, 0) is 31.7 Å². The van der Waals surface area contributed by atoms with Gasteiger partial charge in [-0.3, -0.25) is 14.9 Å². The van der Waals surface area contributed by atoms with E-state index in [4.69, 9.17) is 4.74 Å². The first-order chi connectivity index (χ1) is 13.6. The van der Waals surface area contributed by atoms with E-state index in [0.717, 1.165) is 38.1 Å². The number of benzene rings is 1. The van der Waals surface area contributed by atoms with Gasteiger partial charge in [-0.2, -0.15) is 0 Å². The minimum absolute atomic E-state index is 0.0976. The van der Waals surface area contributed by atoms with Gasteiger partial charge in [-0.1, -0.05) is 23.9 Å². The van der Waals surface area contributed by atoms with E-state index in [1.165, 1.54) is 23.9 Å². The Bertz CT molecular complexity index is 877. The molecular weight excluding hydrogens is 382 g/mol. The van der Waals surface area contributed by atoms with Crippen molar-refractivity contribution in [1.82, 2.24) is 14.8 Å². The van der Waals surface area contributed by atoms with Crippen molar-refractivity contribution in [2.24, 2.45) is 0 Å². The smallest absolute Gasteiger partial charge is 0.292 e. The van der Waals surface area contributed by atoms with Crippen LogP contribution < -0.4 is 5.32 Å². The highest BCUT2D eigenvalue weighted by molar-refractivity contribution is 7.99. The third-order valence-electron chi connectivity index (χ3n) is 4.81. The fraction of sp³-hybridized carbons (Fsp3) is 0.500. The van der Waals surface area contributed by atoms with Crippen LogP contribution in [0.2, 0.25) is 0 Å². The van der Waals surface area contributed by atoms with Crippen LogP contribution in [0.5, 0.6) is 0 Å². The number of anilines is 1. The van der Waals surface area contributed by atoms with Gasteiger partial charge in [0.1, 0.15) is 11.5 Å². The molecular formula is C18H21N5O4S. The number of nitrogens with zero attached hydrogens (tertiary/aromatic N) is 4. The second-order valence-electron chi connectivity index (χ2n) is 6.97. The molecule has 2 heterocycles. The van der Waals surface area contributed by atoms with Crippen molar-refractivity contribution in [1.29, 1.82) is 0 Å². The van der Waals surface area contributed by atoms with Crippen LogP contribution in [0.4, 0.5) is 11.4 Å². The van der Waals surface area contributed by atoms with E-state index in [-0.39, 0.29) is 29.1 Å². The summed E-state index contributed by atoms with van der Waals surface area (Å²) in [4.78, 5) is 22.9. The molecule has 1 aliphatic heterocycles. The van der Waals surface area contributed by atoms with Crippen molar-refractivity contribution in [2.75, 3.05) is 17.7 Å². The largest absolute Gasteiger partial charge is 0.376 e. The summed E-state index contributed by atoms with van der Waals surface area (Å²) >= 11 is 1.29. The number of nitro groups is 1. The summed E-state index contributed by atoms with van der Waals surface area (Å²) in [6, 6.07) is 6.10. The zero-order valence-electron chi connectivity index (χ0n) is 15.2. The summed E-state index contributed by atoms with van der Waals surface area (Å²) < 4.78 is 7.83. The number of aromatic nitrogens is 3. The third-order valence-corrected chi connectivity index (χ3v) is 5.77. The summed E-state index contributed by atoms with van der Waals surface area (Å²) in [5.41, 5.74) is 0.0658. The van der Waals surface area contributed by atoms with Gasteiger partial charge in [0.2, 0.25) is 5.91 Å². The number of carbonyl (C=O) groups is 1. The predicted molar refractivity (Wildman–Crippen MR) is 103 cm³/mol. The van der Waals surface area contributed by atoms with Gasteiger partial charge in [-0.25, -0.2) is 0 Å². The number of amides is 1. The molecule has 1 saturated carbocycles. The van der Waals surface area contributed by atoms with Crippen LogP contribution in [0, 0.1) is 10.1 Å². The van der Waals surface area contributed by atoms with E-state index in [1.54, 1.807) is 12.1 Å². The lowest BCUT2D eigenvalue weighted by Gasteiger charge is -2.14. The third kappa shape index (κ3) is 4.33. The average molecular weight is 403 g/mol. The molecule has 1 saturated heterocycles. The molecule has 28 heavy (non-hydrogen) atoms. The molecule has 2 aliphatic rings. The van der Waals surface area contributed by atoms with Gasteiger partial charge in [-0.15, -0.1) is 10.2 Å². The highest BCUT2D eigenvalue weighted by Crippen LogP contribution is 2.40. The van der Waals surface area contributed by atoms with Crippen molar-refractivity contribution < 1.29 is 14.5 Å². The van der Waals surface area contributed by atoms with Crippen molar-refractivity contribution in [3.05, 3.63) is 40.2 Å². The number of ether oxygens (including phenoxy) is 1. The minimum atomic E-state index is -0.511. The number of nitro benzene ring substituents is 1. The first-order valence-corrected chi connectivity index (χ1v) is 10.3. The number of rotatable bonds is 8. The molecule has 0 spiro atoms. The summed E-state index contributed by atoms with van der Waals surface area (Å²) in [5, 5.41) is 23.0. The van der Waals surface area contributed by atoms with Gasteiger partial charge in [0, 0.05) is 18.6 Å². The normalized spacial score (nSPS) is 18.9. The lowest BCUT2D eigenvalue weighted by molar-refractivity contribution is -0.383. The monoisotopic (exact) mass is 403 g/mol. The molecule has 1 amide bonds. The first kappa shape index (κ1) is 18.9. The Hall–Kier alpha value is -2.46. The van der Waals surface area contributed by atoms with E-state index in [2.05, 4.69) is 20.1 Å². The Morgan fingerprint density at radius 2 is 2.14 bits per heavy atom. The summed E-state index contributed by atoms with van der Waals surface area (Å²) in [7, 11) is 0. The van der Waals surface area contributed by atoms with Crippen molar-refractivity contribution in [3.63, 3.8) is 0 Å². The van der Waals surface area contributed by atoms with Crippen molar-refractivity contribution in [3.8, 4) is 0 Å². The molecule has 1 aromatic heterocycles. The maximum absolute atomic E-state index is 12.3. The van der Waals surface area contributed by atoms with Crippen LogP contribution in [-0.2, 0) is 16.1 Å². The molecule has 10 heteroatoms. The van der Waals surface area contributed by atoms with E-state index in [9.17, 15) is 14.9 Å². The second-order valence-corrected chi connectivity index (χ2v) is 7.91.